The summed E-state index contributed by atoms with van der Waals surface area (Å²) < 4.78 is 5.92. The number of carbonyl (C=O) groups excluding carboxylic acids is 1. The summed E-state index contributed by atoms with van der Waals surface area (Å²) in [6.45, 7) is 0.638. The molecule has 1 aliphatic rings. The van der Waals surface area contributed by atoms with Crippen molar-refractivity contribution in [3.8, 4) is 0 Å². The number of aliphatic hydroxyl groups excluding tert-OH is 2. The monoisotopic (exact) mass is 417 g/mol. The number of β-lactam (4-membered cyclic amide) rings is 1. The Hall–Kier alpha value is -2.99. The molecule has 0 radical (unpaired) electrons. The minimum atomic E-state index is -1.12. The van der Waals surface area contributed by atoms with E-state index in [-0.39, 0.29) is 12.5 Å². The van der Waals surface area contributed by atoms with Crippen LogP contribution < -0.4 is 0 Å². The van der Waals surface area contributed by atoms with Gasteiger partial charge in [0.2, 0.25) is 0 Å². The molecular weight excluding hydrogens is 390 g/mol. The van der Waals surface area contributed by atoms with E-state index < -0.39 is 24.4 Å². The van der Waals surface area contributed by atoms with Crippen LogP contribution in [-0.2, 0) is 29.1 Å². The maximum absolute atomic E-state index is 12.9. The molecule has 1 amide bonds. The van der Waals surface area contributed by atoms with E-state index in [4.69, 9.17) is 4.74 Å². The Balaban J connectivity index is 1.49. The van der Waals surface area contributed by atoms with E-state index in [0.29, 0.717) is 13.0 Å². The SMILES string of the molecule is O=C1[C@H](OCc2ccccc2)[C@H]([C@H](O)[C@@H](O)Cc2ccccc2)N1Cc1ccccc1. The van der Waals surface area contributed by atoms with Gasteiger partial charge in [0, 0.05) is 13.0 Å². The highest BCUT2D eigenvalue weighted by Crippen LogP contribution is 2.31. The van der Waals surface area contributed by atoms with Crippen molar-refractivity contribution in [3.05, 3.63) is 108 Å². The van der Waals surface area contributed by atoms with Crippen LogP contribution in [-0.4, -0.2) is 45.4 Å². The molecule has 5 nitrogen and oxygen atoms in total. The third-order valence-corrected chi connectivity index (χ3v) is 5.70. The smallest absolute Gasteiger partial charge is 0.254 e. The van der Waals surface area contributed by atoms with Crippen LogP contribution in [0.25, 0.3) is 0 Å². The number of ether oxygens (including phenoxy) is 1. The van der Waals surface area contributed by atoms with Crippen molar-refractivity contribution in [1.29, 1.82) is 0 Å². The Morgan fingerprint density at radius 1 is 0.774 bits per heavy atom. The highest BCUT2D eigenvalue weighted by atomic mass is 16.5. The maximum atomic E-state index is 12.9. The molecule has 1 heterocycles. The van der Waals surface area contributed by atoms with Crippen molar-refractivity contribution in [2.24, 2.45) is 0 Å². The van der Waals surface area contributed by atoms with E-state index in [0.717, 1.165) is 16.7 Å². The lowest BCUT2D eigenvalue weighted by molar-refractivity contribution is -0.195. The predicted molar refractivity (Wildman–Crippen MR) is 118 cm³/mol. The zero-order chi connectivity index (χ0) is 21.6. The van der Waals surface area contributed by atoms with Crippen LogP contribution in [0.3, 0.4) is 0 Å². The van der Waals surface area contributed by atoms with Crippen LogP contribution in [0, 0.1) is 0 Å². The van der Waals surface area contributed by atoms with E-state index in [2.05, 4.69) is 0 Å². The van der Waals surface area contributed by atoms with Gasteiger partial charge in [-0.1, -0.05) is 91.0 Å². The first kappa shape index (κ1) is 21.2. The third kappa shape index (κ3) is 5.02. The fourth-order valence-electron chi connectivity index (χ4n) is 4.00. The van der Waals surface area contributed by atoms with Crippen LogP contribution in [0.5, 0.6) is 0 Å². The molecule has 31 heavy (non-hydrogen) atoms. The van der Waals surface area contributed by atoms with Gasteiger partial charge in [0.1, 0.15) is 6.10 Å². The Morgan fingerprint density at radius 3 is 1.87 bits per heavy atom. The summed E-state index contributed by atoms with van der Waals surface area (Å²) in [5.41, 5.74) is 2.85. The second-order valence-electron chi connectivity index (χ2n) is 7.91. The minimum absolute atomic E-state index is 0.171. The van der Waals surface area contributed by atoms with Crippen molar-refractivity contribution in [2.45, 2.75) is 43.9 Å². The van der Waals surface area contributed by atoms with Gasteiger partial charge in [0.25, 0.3) is 5.91 Å². The molecule has 3 aromatic rings. The number of benzene rings is 3. The maximum Gasteiger partial charge on any atom is 0.254 e. The molecule has 1 fully saturated rings. The van der Waals surface area contributed by atoms with Gasteiger partial charge in [-0.15, -0.1) is 0 Å². The van der Waals surface area contributed by atoms with Crippen molar-refractivity contribution in [2.75, 3.05) is 0 Å². The number of likely N-dealkylation sites (tertiary alicyclic amines) is 1. The number of amides is 1. The molecule has 0 spiro atoms. The average molecular weight is 418 g/mol. The first-order valence-corrected chi connectivity index (χ1v) is 10.5. The number of hydrogen-bond donors (Lipinski definition) is 2. The molecule has 0 aliphatic carbocycles. The molecule has 0 unspecified atom stereocenters. The third-order valence-electron chi connectivity index (χ3n) is 5.70. The lowest BCUT2D eigenvalue weighted by Crippen LogP contribution is -2.71. The van der Waals surface area contributed by atoms with E-state index in [9.17, 15) is 15.0 Å². The van der Waals surface area contributed by atoms with Crippen molar-refractivity contribution >= 4 is 5.91 Å². The quantitative estimate of drug-likeness (QED) is 0.525. The standard InChI is InChI=1S/C26H27NO4/c28-22(16-19-10-4-1-5-11-19)24(29)23-25(31-18-21-14-8-3-9-15-21)26(30)27(23)17-20-12-6-2-7-13-20/h1-15,22-25,28-29H,16-18H2/t22-,23-,24+,25+/m0/s1. The van der Waals surface area contributed by atoms with E-state index in [1.54, 1.807) is 4.90 Å². The minimum Gasteiger partial charge on any atom is -0.390 e. The first-order valence-electron chi connectivity index (χ1n) is 10.5. The van der Waals surface area contributed by atoms with Crippen molar-refractivity contribution in [1.82, 2.24) is 4.90 Å². The Bertz CT molecular complexity index is 964. The van der Waals surface area contributed by atoms with Gasteiger partial charge in [-0.2, -0.15) is 0 Å². The second kappa shape index (κ2) is 9.88. The molecule has 160 valence electrons. The summed E-state index contributed by atoms with van der Waals surface area (Å²) in [4.78, 5) is 14.5. The average Bonchev–Trinajstić information content (AvgIpc) is 2.82. The Labute approximate surface area is 182 Å². The molecule has 4 rings (SSSR count). The summed E-state index contributed by atoms with van der Waals surface area (Å²) in [7, 11) is 0. The van der Waals surface area contributed by atoms with Gasteiger partial charge in [-0.05, 0) is 16.7 Å². The molecule has 1 saturated heterocycles. The summed E-state index contributed by atoms with van der Waals surface area (Å²) >= 11 is 0. The lowest BCUT2D eigenvalue weighted by atomic mass is 9.87. The molecule has 0 bridgehead atoms. The molecule has 0 aromatic heterocycles. The number of carbonyl (C=O) groups is 1. The van der Waals surface area contributed by atoms with Crippen molar-refractivity contribution in [3.63, 3.8) is 0 Å². The normalized spacial score (nSPS) is 20.2. The van der Waals surface area contributed by atoms with E-state index >= 15 is 0 Å². The van der Waals surface area contributed by atoms with Crippen LogP contribution in [0.15, 0.2) is 91.0 Å². The lowest BCUT2D eigenvalue weighted by Gasteiger charge is -2.49. The predicted octanol–water partition coefficient (Wildman–Crippen LogP) is 2.95. The molecule has 1 aliphatic heterocycles. The number of rotatable bonds is 9. The topological polar surface area (TPSA) is 70.0 Å². The largest absolute Gasteiger partial charge is 0.390 e. The fraction of sp³-hybridized carbons (Fsp3) is 0.269. The highest BCUT2D eigenvalue weighted by Gasteiger charge is 2.53. The molecule has 5 heteroatoms. The number of nitrogens with zero attached hydrogens (tertiary/aromatic N) is 1. The van der Waals surface area contributed by atoms with Gasteiger partial charge < -0.3 is 19.8 Å². The Kier molecular flexibility index (Phi) is 6.77. The summed E-state index contributed by atoms with van der Waals surface area (Å²) in [5, 5.41) is 21.7. The molecule has 3 aromatic carbocycles. The highest BCUT2D eigenvalue weighted by molar-refractivity contribution is 5.88. The van der Waals surface area contributed by atoms with E-state index in [1.807, 2.05) is 91.0 Å². The first-order chi connectivity index (χ1) is 15.1. The van der Waals surface area contributed by atoms with Crippen LogP contribution in [0.2, 0.25) is 0 Å². The number of hydrogen-bond acceptors (Lipinski definition) is 4. The zero-order valence-corrected chi connectivity index (χ0v) is 17.2. The van der Waals surface area contributed by atoms with Gasteiger partial charge in [-0.25, -0.2) is 0 Å². The van der Waals surface area contributed by atoms with Crippen LogP contribution in [0.4, 0.5) is 0 Å². The molecule has 0 saturated carbocycles. The number of aliphatic hydroxyl groups is 2. The van der Waals surface area contributed by atoms with Crippen LogP contribution in [0.1, 0.15) is 16.7 Å². The van der Waals surface area contributed by atoms with Gasteiger partial charge >= 0.3 is 0 Å². The molecule has 2 N–H and O–H groups in total. The molecular formula is C26H27NO4. The van der Waals surface area contributed by atoms with Gasteiger partial charge in [-0.3, -0.25) is 4.79 Å². The van der Waals surface area contributed by atoms with E-state index in [1.165, 1.54) is 0 Å². The second-order valence-corrected chi connectivity index (χ2v) is 7.91. The zero-order valence-electron chi connectivity index (χ0n) is 17.2. The Morgan fingerprint density at radius 2 is 1.29 bits per heavy atom. The fourth-order valence-corrected chi connectivity index (χ4v) is 4.00. The van der Waals surface area contributed by atoms with Gasteiger partial charge in [0.05, 0.1) is 18.8 Å². The summed E-state index contributed by atoms with van der Waals surface area (Å²) in [5.74, 6) is -0.171. The van der Waals surface area contributed by atoms with Crippen LogP contribution >= 0.6 is 0 Å². The summed E-state index contributed by atoms with van der Waals surface area (Å²) in [6.07, 6.45) is -2.62. The van der Waals surface area contributed by atoms with Crippen molar-refractivity contribution < 1.29 is 19.7 Å². The van der Waals surface area contributed by atoms with Gasteiger partial charge in [0.15, 0.2) is 6.10 Å². The summed E-state index contributed by atoms with van der Waals surface area (Å²) in [6, 6.07) is 28.2. The molecule has 4 atom stereocenters.